The fraction of sp³-hybridized carbons (Fsp3) is 0.333. The molecular formula is C24H27NO3. The number of aryl methyl sites for hydroxylation is 1. The number of amides is 1. The number of hydrogen-bond donors (Lipinski definition) is 1. The van der Waals surface area contributed by atoms with E-state index in [-0.39, 0.29) is 11.3 Å². The second-order valence-corrected chi connectivity index (χ2v) is 7.33. The normalized spacial score (nSPS) is 18.6. The zero-order valence-corrected chi connectivity index (χ0v) is 16.5. The van der Waals surface area contributed by atoms with Gasteiger partial charge in [0.2, 0.25) is 0 Å². The topological polar surface area (TPSA) is 57.6 Å². The number of benzene rings is 2. The van der Waals surface area contributed by atoms with Crippen molar-refractivity contribution in [2.45, 2.75) is 45.6 Å². The lowest BCUT2D eigenvalue weighted by Gasteiger charge is -2.25. The molecule has 146 valence electrons. The average Bonchev–Trinajstić information content (AvgIpc) is 2.97. The second-order valence-electron chi connectivity index (χ2n) is 7.33. The summed E-state index contributed by atoms with van der Waals surface area (Å²) in [6.45, 7) is 4.61. The molecule has 2 aromatic carbocycles. The molecule has 2 aromatic rings. The van der Waals surface area contributed by atoms with Crippen molar-refractivity contribution in [3.05, 3.63) is 76.9 Å². The van der Waals surface area contributed by atoms with Gasteiger partial charge in [0.05, 0.1) is 11.6 Å². The Labute approximate surface area is 166 Å². The van der Waals surface area contributed by atoms with E-state index in [2.05, 4.69) is 6.92 Å². The summed E-state index contributed by atoms with van der Waals surface area (Å²) in [4.78, 5) is 27.3. The predicted octanol–water partition coefficient (Wildman–Crippen LogP) is 5.00. The first-order chi connectivity index (χ1) is 13.5. The number of likely N-dealkylation sites (tertiary alicyclic amines) is 1. The Kier molecular flexibility index (Phi) is 6.30. The summed E-state index contributed by atoms with van der Waals surface area (Å²) >= 11 is 0. The molecule has 0 bridgehead atoms. The van der Waals surface area contributed by atoms with Crippen LogP contribution in [0, 0.1) is 6.92 Å². The van der Waals surface area contributed by atoms with Gasteiger partial charge in [0, 0.05) is 12.1 Å². The highest BCUT2D eigenvalue weighted by Crippen LogP contribution is 2.39. The molecule has 1 saturated heterocycles. The lowest BCUT2D eigenvalue weighted by Crippen LogP contribution is -2.30. The molecule has 1 amide bonds. The van der Waals surface area contributed by atoms with Crippen molar-refractivity contribution in [1.29, 1.82) is 0 Å². The van der Waals surface area contributed by atoms with Crippen LogP contribution in [0.25, 0.3) is 5.76 Å². The number of ketones is 1. The smallest absolute Gasteiger partial charge is 0.295 e. The van der Waals surface area contributed by atoms with Crippen LogP contribution in [-0.2, 0) is 9.59 Å². The van der Waals surface area contributed by atoms with Crippen molar-refractivity contribution in [3.63, 3.8) is 0 Å². The van der Waals surface area contributed by atoms with Crippen LogP contribution in [0.5, 0.6) is 0 Å². The van der Waals surface area contributed by atoms with Gasteiger partial charge >= 0.3 is 0 Å². The molecule has 0 aromatic heterocycles. The van der Waals surface area contributed by atoms with Crippen molar-refractivity contribution in [2.75, 3.05) is 6.54 Å². The minimum Gasteiger partial charge on any atom is -0.507 e. The third kappa shape index (κ3) is 4.01. The van der Waals surface area contributed by atoms with Crippen LogP contribution in [0.2, 0.25) is 0 Å². The highest BCUT2D eigenvalue weighted by Gasteiger charge is 2.45. The molecule has 4 nitrogen and oxygen atoms in total. The molecule has 0 unspecified atom stereocenters. The molecule has 1 heterocycles. The molecule has 1 aliphatic rings. The SMILES string of the molecule is CCCCCCN1C(=O)C(=O)C(=C(O)c2ccc(C)cc2)[C@@H]1c1ccccc1. The molecule has 1 aliphatic heterocycles. The van der Waals surface area contributed by atoms with Gasteiger partial charge in [-0.25, -0.2) is 0 Å². The van der Waals surface area contributed by atoms with Crippen LogP contribution < -0.4 is 0 Å². The van der Waals surface area contributed by atoms with Crippen molar-refractivity contribution >= 4 is 17.4 Å². The Balaban J connectivity index is 2.03. The number of unbranched alkanes of at least 4 members (excludes halogenated alkanes) is 3. The molecule has 0 spiro atoms. The number of Topliss-reactive ketones (excluding diaryl/α,β-unsaturated/α-hetero) is 1. The third-order valence-electron chi connectivity index (χ3n) is 5.23. The van der Waals surface area contributed by atoms with E-state index in [1.165, 1.54) is 0 Å². The zero-order chi connectivity index (χ0) is 20.1. The van der Waals surface area contributed by atoms with E-state index >= 15 is 0 Å². The Morgan fingerprint density at radius 1 is 0.964 bits per heavy atom. The number of rotatable bonds is 7. The van der Waals surface area contributed by atoms with Gasteiger partial charge in [0.25, 0.3) is 11.7 Å². The monoisotopic (exact) mass is 377 g/mol. The molecule has 0 saturated carbocycles. The van der Waals surface area contributed by atoms with Gasteiger partial charge in [-0.2, -0.15) is 0 Å². The lowest BCUT2D eigenvalue weighted by atomic mass is 9.95. The maximum Gasteiger partial charge on any atom is 0.295 e. The highest BCUT2D eigenvalue weighted by atomic mass is 16.3. The van der Waals surface area contributed by atoms with Crippen LogP contribution in [0.4, 0.5) is 0 Å². The van der Waals surface area contributed by atoms with Crippen molar-refractivity contribution in [3.8, 4) is 0 Å². The number of nitrogens with zero attached hydrogens (tertiary/aromatic N) is 1. The first-order valence-corrected chi connectivity index (χ1v) is 9.95. The Morgan fingerprint density at radius 2 is 1.64 bits per heavy atom. The molecule has 0 aliphatic carbocycles. The molecular weight excluding hydrogens is 350 g/mol. The minimum atomic E-state index is -0.609. The van der Waals surface area contributed by atoms with Gasteiger partial charge in [-0.3, -0.25) is 9.59 Å². The van der Waals surface area contributed by atoms with E-state index in [0.29, 0.717) is 12.1 Å². The van der Waals surface area contributed by atoms with E-state index < -0.39 is 17.7 Å². The predicted molar refractivity (Wildman–Crippen MR) is 111 cm³/mol. The van der Waals surface area contributed by atoms with E-state index in [9.17, 15) is 14.7 Å². The molecule has 0 radical (unpaired) electrons. The van der Waals surface area contributed by atoms with Crippen LogP contribution in [-0.4, -0.2) is 28.2 Å². The quantitative estimate of drug-likeness (QED) is 0.320. The Hall–Kier alpha value is -2.88. The fourth-order valence-electron chi connectivity index (χ4n) is 3.67. The maximum absolute atomic E-state index is 12.9. The first-order valence-electron chi connectivity index (χ1n) is 9.95. The number of carbonyl (C=O) groups is 2. The number of hydrogen-bond acceptors (Lipinski definition) is 3. The molecule has 1 atom stereocenters. The van der Waals surface area contributed by atoms with Gasteiger partial charge in [0.15, 0.2) is 0 Å². The summed E-state index contributed by atoms with van der Waals surface area (Å²) in [5.74, 6) is -1.25. The molecule has 4 heteroatoms. The summed E-state index contributed by atoms with van der Waals surface area (Å²) in [6, 6.07) is 16.2. The third-order valence-corrected chi connectivity index (χ3v) is 5.23. The molecule has 28 heavy (non-hydrogen) atoms. The lowest BCUT2D eigenvalue weighted by molar-refractivity contribution is -0.139. The zero-order valence-electron chi connectivity index (χ0n) is 16.5. The van der Waals surface area contributed by atoms with Crippen molar-refractivity contribution < 1.29 is 14.7 Å². The number of carbonyl (C=O) groups excluding carboxylic acids is 2. The van der Waals surface area contributed by atoms with Gasteiger partial charge in [-0.15, -0.1) is 0 Å². The van der Waals surface area contributed by atoms with Crippen molar-refractivity contribution in [2.24, 2.45) is 0 Å². The van der Waals surface area contributed by atoms with Gasteiger partial charge in [0.1, 0.15) is 5.76 Å². The van der Waals surface area contributed by atoms with Gasteiger partial charge < -0.3 is 10.0 Å². The maximum atomic E-state index is 12.9. The number of aliphatic hydroxyl groups excluding tert-OH is 1. The molecule has 1 N–H and O–H groups in total. The van der Waals surface area contributed by atoms with E-state index in [1.54, 1.807) is 17.0 Å². The minimum absolute atomic E-state index is 0.108. The van der Waals surface area contributed by atoms with E-state index in [0.717, 1.165) is 36.8 Å². The Bertz CT molecular complexity index is 868. The van der Waals surface area contributed by atoms with Crippen LogP contribution in [0.1, 0.15) is 55.3 Å². The fourth-order valence-corrected chi connectivity index (χ4v) is 3.67. The summed E-state index contributed by atoms with van der Waals surface area (Å²) in [6.07, 6.45) is 4.06. The summed E-state index contributed by atoms with van der Waals surface area (Å²) < 4.78 is 0. The van der Waals surface area contributed by atoms with Crippen LogP contribution >= 0.6 is 0 Å². The highest BCUT2D eigenvalue weighted by molar-refractivity contribution is 6.46. The average molecular weight is 377 g/mol. The van der Waals surface area contributed by atoms with E-state index in [4.69, 9.17) is 0 Å². The van der Waals surface area contributed by atoms with E-state index in [1.807, 2.05) is 49.4 Å². The van der Waals surface area contributed by atoms with Gasteiger partial charge in [-0.1, -0.05) is 86.3 Å². The largest absolute Gasteiger partial charge is 0.507 e. The van der Waals surface area contributed by atoms with Crippen LogP contribution in [0.3, 0.4) is 0 Å². The van der Waals surface area contributed by atoms with Gasteiger partial charge in [-0.05, 0) is 18.9 Å². The summed E-state index contributed by atoms with van der Waals surface area (Å²) in [5, 5.41) is 10.9. The second kappa shape index (κ2) is 8.87. The number of aliphatic hydroxyl groups is 1. The standard InChI is InChI=1S/C24H27NO3/c1-3-4-5-9-16-25-21(18-10-7-6-8-11-18)20(23(27)24(25)28)22(26)19-14-12-17(2)13-15-19/h6-8,10-15,21,26H,3-5,9,16H2,1-2H3/t21-/m0/s1. The molecule has 1 fully saturated rings. The summed E-state index contributed by atoms with van der Waals surface area (Å²) in [7, 11) is 0. The summed E-state index contributed by atoms with van der Waals surface area (Å²) in [5.41, 5.74) is 2.63. The Morgan fingerprint density at radius 3 is 2.29 bits per heavy atom. The van der Waals surface area contributed by atoms with Crippen LogP contribution in [0.15, 0.2) is 60.2 Å². The first kappa shape index (κ1) is 19.9. The van der Waals surface area contributed by atoms with Crippen molar-refractivity contribution in [1.82, 2.24) is 4.90 Å². The molecule has 3 rings (SSSR count).